The van der Waals surface area contributed by atoms with Gasteiger partial charge >= 0.3 is 0 Å². The van der Waals surface area contributed by atoms with Gasteiger partial charge in [-0.2, -0.15) is 0 Å². The van der Waals surface area contributed by atoms with E-state index in [9.17, 15) is 8.42 Å². The number of hydrogen-bond donors (Lipinski definition) is 1. The average Bonchev–Trinajstić information content (AvgIpc) is 3.24. The minimum atomic E-state index is -3.65. The van der Waals surface area contributed by atoms with Gasteiger partial charge in [0.15, 0.2) is 5.82 Å². The van der Waals surface area contributed by atoms with E-state index in [1.807, 2.05) is 6.92 Å². The third-order valence-electron chi connectivity index (χ3n) is 3.58. The van der Waals surface area contributed by atoms with Crippen LogP contribution in [-0.4, -0.2) is 35.2 Å². The highest BCUT2D eigenvalue weighted by atomic mass is 32.2. The fourth-order valence-electron chi connectivity index (χ4n) is 2.30. The van der Waals surface area contributed by atoms with Crippen LogP contribution in [0.3, 0.4) is 0 Å². The molecule has 0 bridgehead atoms. The van der Waals surface area contributed by atoms with Gasteiger partial charge in [0, 0.05) is 0 Å². The summed E-state index contributed by atoms with van der Waals surface area (Å²) >= 11 is 0. The highest BCUT2D eigenvalue weighted by Gasteiger charge is 2.31. The molecule has 0 spiro atoms. The Morgan fingerprint density at radius 1 is 1.35 bits per heavy atom. The van der Waals surface area contributed by atoms with Gasteiger partial charge in [-0.3, -0.25) is 0 Å². The Bertz CT molecular complexity index is 768. The summed E-state index contributed by atoms with van der Waals surface area (Å²) < 4.78 is 34.6. The molecule has 1 saturated carbocycles. The molecule has 1 aromatic carbocycles. The van der Waals surface area contributed by atoms with E-state index in [1.54, 1.807) is 23.7 Å². The van der Waals surface area contributed by atoms with Gasteiger partial charge in [0.1, 0.15) is 5.75 Å². The van der Waals surface area contributed by atoms with Gasteiger partial charge in [-0.15, -0.1) is 5.10 Å². The molecule has 1 aliphatic carbocycles. The van der Waals surface area contributed by atoms with Crippen LogP contribution in [0, 0.1) is 0 Å². The van der Waals surface area contributed by atoms with E-state index in [1.165, 1.54) is 12.1 Å². The van der Waals surface area contributed by atoms with Crippen LogP contribution in [0.1, 0.15) is 44.6 Å². The summed E-state index contributed by atoms with van der Waals surface area (Å²) in [5.41, 5.74) is 0. The van der Waals surface area contributed by atoms with E-state index >= 15 is 0 Å². The van der Waals surface area contributed by atoms with Crippen LogP contribution >= 0.6 is 0 Å². The lowest BCUT2D eigenvalue weighted by Gasteiger charge is -2.14. The molecule has 124 valence electrons. The summed E-state index contributed by atoms with van der Waals surface area (Å²) in [6.07, 6.45) is 2.05. The molecule has 0 aliphatic heterocycles. The lowest BCUT2D eigenvalue weighted by atomic mass is 10.3. The zero-order valence-corrected chi connectivity index (χ0v) is 13.8. The molecule has 1 N–H and O–H groups in total. The second-order valence-corrected chi connectivity index (χ2v) is 7.17. The monoisotopic (exact) mass is 337 g/mol. The minimum Gasteiger partial charge on any atom is -0.494 e. The lowest BCUT2D eigenvalue weighted by molar-refractivity contribution is 0.340. The average molecular weight is 337 g/mol. The maximum Gasteiger partial charge on any atom is 0.241 e. The van der Waals surface area contributed by atoms with E-state index in [2.05, 4.69) is 20.2 Å². The first-order valence-electron chi connectivity index (χ1n) is 7.54. The van der Waals surface area contributed by atoms with E-state index in [4.69, 9.17) is 4.74 Å². The number of sulfonamides is 1. The summed E-state index contributed by atoms with van der Waals surface area (Å²) in [6.45, 7) is 4.14. The molecule has 23 heavy (non-hydrogen) atoms. The van der Waals surface area contributed by atoms with Crippen molar-refractivity contribution in [3.8, 4) is 5.75 Å². The smallest absolute Gasteiger partial charge is 0.241 e. The topological polar surface area (TPSA) is 99.0 Å². The Labute approximate surface area is 134 Å². The zero-order chi connectivity index (χ0) is 16.4. The molecular weight excluding hydrogens is 318 g/mol. The Hall–Kier alpha value is -2.00. The molecular formula is C14H19N5O3S. The second-order valence-electron chi connectivity index (χ2n) is 5.46. The fraction of sp³-hybridized carbons (Fsp3) is 0.500. The molecule has 1 atom stereocenters. The first-order valence-corrected chi connectivity index (χ1v) is 9.02. The van der Waals surface area contributed by atoms with Crippen molar-refractivity contribution >= 4 is 10.0 Å². The Kier molecular flexibility index (Phi) is 4.31. The molecule has 0 radical (unpaired) electrons. The fourth-order valence-corrected chi connectivity index (χ4v) is 3.50. The van der Waals surface area contributed by atoms with Crippen LogP contribution < -0.4 is 9.46 Å². The van der Waals surface area contributed by atoms with Crippen LogP contribution in [0.15, 0.2) is 29.2 Å². The third-order valence-corrected chi connectivity index (χ3v) is 5.13. The molecule has 8 nitrogen and oxygen atoms in total. The van der Waals surface area contributed by atoms with Gasteiger partial charge in [-0.25, -0.2) is 17.8 Å². The third kappa shape index (κ3) is 3.50. The maximum absolute atomic E-state index is 12.5. The molecule has 1 fully saturated rings. The highest BCUT2D eigenvalue weighted by molar-refractivity contribution is 7.89. The molecule has 1 unspecified atom stereocenters. The van der Waals surface area contributed by atoms with Gasteiger partial charge < -0.3 is 4.74 Å². The van der Waals surface area contributed by atoms with Gasteiger partial charge in [0.05, 0.1) is 23.6 Å². The number of nitrogens with one attached hydrogen (secondary N) is 1. The molecule has 1 aliphatic rings. The normalized spacial score (nSPS) is 16.3. The minimum absolute atomic E-state index is 0.179. The molecule has 3 rings (SSSR count). The SMILES string of the molecule is CCOc1ccc(S(=O)(=O)NC(C)c2nnnn2C2CC2)cc1. The van der Waals surface area contributed by atoms with Crippen molar-refractivity contribution in [2.75, 3.05) is 6.61 Å². The standard InChI is InChI=1S/C14H19N5O3S/c1-3-22-12-6-8-13(9-7-12)23(20,21)16-10(2)14-15-17-18-19(14)11-4-5-11/h6-11,16H,3-5H2,1-2H3. The molecule has 2 aromatic rings. The predicted molar refractivity (Wildman–Crippen MR) is 82.4 cm³/mol. The van der Waals surface area contributed by atoms with E-state index in [0.717, 1.165) is 12.8 Å². The first kappa shape index (κ1) is 15.9. The number of rotatable bonds is 7. The van der Waals surface area contributed by atoms with Gasteiger partial charge in [-0.1, -0.05) is 0 Å². The van der Waals surface area contributed by atoms with Gasteiger partial charge in [0.2, 0.25) is 10.0 Å². The number of aromatic nitrogens is 4. The van der Waals surface area contributed by atoms with Crippen LogP contribution in [0.2, 0.25) is 0 Å². The lowest BCUT2D eigenvalue weighted by Crippen LogP contribution is -2.29. The Morgan fingerprint density at radius 2 is 2.04 bits per heavy atom. The first-order chi connectivity index (χ1) is 11.0. The van der Waals surface area contributed by atoms with E-state index < -0.39 is 16.1 Å². The summed E-state index contributed by atoms with van der Waals surface area (Å²) in [5.74, 6) is 1.17. The van der Waals surface area contributed by atoms with Gasteiger partial charge in [0.25, 0.3) is 0 Å². The quantitative estimate of drug-likeness (QED) is 0.821. The van der Waals surface area contributed by atoms with Crippen molar-refractivity contribution < 1.29 is 13.2 Å². The summed E-state index contributed by atoms with van der Waals surface area (Å²) in [7, 11) is -3.65. The Morgan fingerprint density at radius 3 is 2.65 bits per heavy atom. The van der Waals surface area contributed by atoms with Crippen molar-refractivity contribution in [2.24, 2.45) is 0 Å². The van der Waals surface area contributed by atoms with Gasteiger partial charge in [-0.05, 0) is 61.4 Å². The van der Waals surface area contributed by atoms with Crippen molar-refractivity contribution in [3.63, 3.8) is 0 Å². The van der Waals surface area contributed by atoms with E-state index in [-0.39, 0.29) is 10.9 Å². The summed E-state index contributed by atoms with van der Waals surface area (Å²) in [6, 6.07) is 6.08. The zero-order valence-electron chi connectivity index (χ0n) is 13.0. The molecule has 0 saturated heterocycles. The van der Waals surface area contributed by atoms with Crippen molar-refractivity contribution in [1.29, 1.82) is 0 Å². The van der Waals surface area contributed by atoms with Crippen molar-refractivity contribution in [2.45, 2.75) is 43.7 Å². The van der Waals surface area contributed by atoms with Crippen LogP contribution in [-0.2, 0) is 10.0 Å². The predicted octanol–water partition coefficient (Wildman–Crippen LogP) is 1.45. The number of benzene rings is 1. The number of tetrazole rings is 1. The largest absolute Gasteiger partial charge is 0.494 e. The van der Waals surface area contributed by atoms with Crippen LogP contribution in [0.25, 0.3) is 0 Å². The molecule has 1 heterocycles. The maximum atomic E-state index is 12.5. The van der Waals surface area contributed by atoms with Crippen LogP contribution in [0.5, 0.6) is 5.75 Å². The summed E-state index contributed by atoms with van der Waals surface area (Å²) in [5, 5.41) is 11.5. The molecule has 0 amide bonds. The van der Waals surface area contributed by atoms with Crippen molar-refractivity contribution in [1.82, 2.24) is 24.9 Å². The van der Waals surface area contributed by atoms with Crippen molar-refractivity contribution in [3.05, 3.63) is 30.1 Å². The second kappa shape index (κ2) is 6.25. The molecule has 1 aromatic heterocycles. The molecule has 9 heteroatoms. The Balaban J connectivity index is 1.75. The number of ether oxygens (including phenoxy) is 1. The van der Waals surface area contributed by atoms with E-state index in [0.29, 0.717) is 18.2 Å². The summed E-state index contributed by atoms with van der Waals surface area (Å²) in [4.78, 5) is 0.179. The number of nitrogens with zero attached hydrogens (tertiary/aromatic N) is 4. The van der Waals surface area contributed by atoms with Crippen LogP contribution in [0.4, 0.5) is 0 Å². The number of hydrogen-bond acceptors (Lipinski definition) is 6. The highest BCUT2D eigenvalue weighted by Crippen LogP contribution is 2.35.